The highest BCUT2D eigenvalue weighted by Gasteiger charge is 2.04. The van der Waals surface area contributed by atoms with E-state index in [-0.39, 0.29) is 5.69 Å². The number of guanidine groups is 1. The van der Waals surface area contributed by atoms with Crippen LogP contribution in [0.1, 0.15) is 23.8 Å². The summed E-state index contributed by atoms with van der Waals surface area (Å²) in [6.07, 6.45) is 0.894. The molecule has 0 aliphatic rings. The molecule has 0 fully saturated rings. The summed E-state index contributed by atoms with van der Waals surface area (Å²) in [5.41, 5.74) is 1.00. The number of nitro groups is 1. The van der Waals surface area contributed by atoms with E-state index in [1.165, 1.54) is 17.0 Å². The Kier molecular flexibility index (Phi) is 8.57. The van der Waals surface area contributed by atoms with Crippen LogP contribution in [0.15, 0.2) is 46.8 Å². The van der Waals surface area contributed by atoms with E-state index >= 15 is 0 Å². The SMILES string of the molecule is CCOCCCNC(=NCc1ccc([N+](=O)[O-])cc1)NCc1cccs1. The van der Waals surface area contributed by atoms with Crippen LogP contribution in [0.3, 0.4) is 0 Å². The zero-order valence-corrected chi connectivity index (χ0v) is 15.6. The summed E-state index contributed by atoms with van der Waals surface area (Å²) < 4.78 is 5.34. The van der Waals surface area contributed by atoms with Crippen molar-refractivity contribution >= 4 is 23.0 Å². The van der Waals surface area contributed by atoms with Gasteiger partial charge in [0.1, 0.15) is 0 Å². The number of hydrogen-bond acceptors (Lipinski definition) is 5. The lowest BCUT2D eigenvalue weighted by Gasteiger charge is -2.12. The number of aliphatic imine (C=N–C) groups is 1. The molecular formula is C18H24N4O3S. The number of hydrogen-bond donors (Lipinski definition) is 2. The van der Waals surface area contributed by atoms with E-state index in [0.29, 0.717) is 25.7 Å². The number of nitrogens with zero attached hydrogens (tertiary/aromatic N) is 2. The Morgan fingerprint density at radius 3 is 2.73 bits per heavy atom. The molecule has 0 unspecified atom stereocenters. The quantitative estimate of drug-likeness (QED) is 0.218. The molecule has 2 N–H and O–H groups in total. The minimum atomic E-state index is -0.402. The lowest BCUT2D eigenvalue weighted by Crippen LogP contribution is -2.37. The molecule has 0 aliphatic carbocycles. The van der Waals surface area contributed by atoms with E-state index in [9.17, 15) is 10.1 Å². The highest BCUT2D eigenvalue weighted by atomic mass is 32.1. The number of ether oxygens (including phenoxy) is 1. The van der Waals surface area contributed by atoms with E-state index < -0.39 is 4.92 Å². The van der Waals surface area contributed by atoms with E-state index in [2.05, 4.69) is 21.7 Å². The first kappa shape index (κ1) is 19.9. The highest BCUT2D eigenvalue weighted by Crippen LogP contribution is 2.12. The largest absolute Gasteiger partial charge is 0.382 e. The molecule has 26 heavy (non-hydrogen) atoms. The van der Waals surface area contributed by atoms with Crippen molar-refractivity contribution in [1.29, 1.82) is 0 Å². The predicted octanol–water partition coefficient (Wildman–Crippen LogP) is 3.32. The van der Waals surface area contributed by atoms with Gasteiger partial charge in [0.15, 0.2) is 5.96 Å². The molecular weight excluding hydrogens is 352 g/mol. The average Bonchev–Trinajstić information content (AvgIpc) is 3.17. The molecule has 8 heteroatoms. The van der Waals surface area contributed by atoms with Crippen LogP contribution in [-0.4, -0.2) is 30.6 Å². The molecule has 0 saturated carbocycles. The first-order valence-electron chi connectivity index (χ1n) is 8.54. The van der Waals surface area contributed by atoms with Crippen molar-refractivity contribution in [3.05, 3.63) is 62.3 Å². The van der Waals surface area contributed by atoms with Crippen molar-refractivity contribution in [3.63, 3.8) is 0 Å². The van der Waals surface area contributed by atoms with Crippen molar-refractivity contribution in [3.8, 4) is 0 Å². The van der Waals surface area contributed by atoms with Crippen molar-refractivity contribution < 1.29 is 9.66 Å². The molecule has 0 saturated heterocycles. The van der Waals surface area contributed by atoms with E-state index in [1.807, 2.05) is 18.4 Å². The minimum Gasteiger partial charge on any atom is -0.382 e. The second-order valence-corrected chi connectivity index (χ2v) is 6.53. The van der Waals surface area contributed by atoms with Gasteiger partial charge in [-0.05, 0) is 30.4 Å². The lowest BCUT2D eigenvalue weighted by atomic mass is 10.2. The number of thiophene rings is 1. The first-order chi connectivity index (χ1) is 12.7. The molecule has 0 aliphatic heterocycles. The second kappa shape index (κ2) is 11.2. The third-order valence-electron chi connectivity index (χ3n) is 3.54. The van der Waals surface area contributed by atoms with Gasteiger partial charge in [0.05, 0.1) is 18.0 Å². The Morgan fingerprint density at radius 2 is 2.08 bits per heavy atom. The first-order valence-corrected chi connectivity index (χ1v) is 9.42. The number of benzene rings is 1. The van der Waals surface area contributed by atoms with Crippen molar-refractivity contribution in [2.75, 3.05) is 19.8 Å². The van der Waals surface area contributed by atoms with Gasteiger partial charge in [-0.25, -0.2) is 4.99 Å². The van der Waals surface area contributed by atoms with Crippen LogP contribution in [-0.2, 0) is 17.8 Å². The third kappa shape index (κ3) is 7.20. The summed E-state index contributed by atoms with van der Waals surface area (Å²) in [5, 5.41) is 19.4. The Labute approximate surface area is 157 Å². The molecule has 1 aromatic heterocycles. The van der Waals surface area contributed by atoms with Gasteiger partial charge in [0, 0.05) is 36.8 Å². The fourth-order valence-electron chi connectivity index (χ4n) is 2.18. The molecule has 1 heterocycles. The minimum absolute atomic E-state index is 0.0859. The second-order valence-electron chi connectivity index (χ2n) is 5.50. The summed E-state index contributed by atoms with van der Waals surface area (Å²) in [7, 11) is 0. The standard InChI is InChI=1S/C18H24N4O3S/c1-2-25-11-4-10-19-18(21-14-17-5-3-12-26-17)20-13-15-6-8-16(9-7-15)22(23)24/h3,5-9,12H,2,4,10-11,13-14H2,1H3,(H2,19,20,21). The lowest BCUT2D eigenvalue weighted by molar-refractivity contribution is -0.384. The maximum Gasteiger partial charge on any atom is 0.269 e. The maximum absolute atomic E-state index is 10.7. The summed E-state index contributed by atoms with van der Waals surface area (Å²) >= 11 is 1.69. The number of rotatable bonds is 10. The Balaban J connectivity index is 1.91. The van der Waals surface area contributed by atoms with Gasteiger partial charge >= 0.3 is 0 Å². The molecule has 0 atom stereocenters. The fourth-order valence-corrected chi connectivity index (χ4v) is 2.82. The van der Waals surface area contributed by atoms with Gasteiger partial charge in [-0.15, -0.1) is 11.3 Å². The number of nitro benzene ring substituents is 1. The summed E-state index contributed by atoms with van der Waals surface area (Å²) in [6, 6.07) is 10.5. The van der Waals surface area contributed by atoms with Crippen LogP contribution >= 0.6 is 11.3 Å². The molecule has 0 spiro atoms. The van der Waals surface area contributed by atoms with E-state index in [4.69, 9.17) is 4.74 Å². The van der Waals surface area contributed by atoms with Crippen molar-refractivity contribution in [2.24, 2.45) is 4.99 Å². The number of nitrogens with one attached hydrogen (secondary N) is 2. The van der Waals surface area contributed by atoms with Crippen LogP contribution in [0.25, 0.3) is 0 Å². The molecule has 0 bridgehead atoms. The summed E-state index contributed by atoms with van der Waals surface area (Å²) in [5.74, 6) is 0.716. The molecule has 1 aromatic carbocycles. The van der Waals surface area contributed by atoms with Gasteiger partial charge in [-0.2, -0.15) is 0 Å². The van der Waals surface area contributed by atoms with Gasteiger partial charge in [-0.1, -0.05) is 18.2 Å². The highest BCUT2D eigenvalue weighted by molar-refractivity contribution is 7.09. The topological polar surface area (TPSA) is 88.8 Å². The zero-order valence-electron chi connectivity index (χ0n) is 14.8. The van der Waals surface area contributed by atoms with E-state index in [1.54, 1.807) is 23.5 Å². The van der Waals surface area contributed by atoms with Gasteiger partial charge < -0.3 is 15.4 Å². The van der Waals surface area contributed by atoms with Gasteiger partial charge in [0.2, 0.25) is 0 Å². The third-order valence-corrected chi connectivity index (χ3v) is 4.42. The van der Waals surface area contributed by atoms with Crippen LogP contribution in [0.2, 0.25) is 0 Å². The molecule has 7 nitrogen and oxygen atoms in total. The Hall–Kier alpha value is -2.45. The molecule has 0 amide bonds. The monoisotopic (exact) mass is 376 g/mol. The summed E-state index contributed by atoms with van der Waals surface area (Å²) in [6.45, 7) is 5.32. The smallest absolute Gasteiger partial charge is 0.269 e. The van der Waals surface area contributed by atoms with Crippen LogP contribution < -0.4 is 10.6 Å². The Bertz CT molecular complexity index is 687. The van der Waals surface area contributed by atoms with E-state index in [0.717, 1.165) is 25.1 Å². The maximum atomic E-state index is 10.7. The van der Waals surface area contributed by atoms with Crippen molar-refractivity contribution in [2.45, 2.75) is 26.4 Å². The zero-order chi connectivity index (χ0) is 18.6. The van der Waals surface area contributed by atoms with Crippen molar-refractivity contribution in [1.82, 2.24) is 10.6 Å². The Morgan fingerprint density at radius 1 is 1.27 bits per heavy atom. The van der Waals surface area contributed by atoms with Crippen LogP contribution in [0.5, 0.6) is 0 Å². The van der Waals surface area contributed by atoms with Gasteiger partial charge in [0.25, 0.3) is 5.69 Å². The van der Waals surface area contributed by atoms with Crippen LogP contribution in [0, 0.1) is 10.1 Å². The molecule has 0 radical (unpaired) electrons. The van der Waals surface area contributed by atoms with Crippen LogP contribution in [0.4, 0.5) is 5.69 Å². The molecule has 140 valence electrons. The average molecular weight is 376 g/mol. The predicted molar refractivity (Wildman–Crippen MR) is 105 cm³/mol. The number of non-ortho nitro benzene ring substituents is 1. The summed E-state index contributed by atoms with van der Waals surface area (Å²) in [4.78, 5) is 16.1. The fraction of sp³-hybridized carbons (Fsp3) is 0.389. The van der Waals surface area contributed by atoms with Gasteiger partial charge in [-0.3, -0.25) is 10.1 Å². The molecule has 2 aromatic rings. The normalized spacial score (nSPS) is 11.3. The molecule has 2 rings (SSSR count).